The highest BCUT2D eigenvalue weighted by Gasteiger charge is 2.14. The van der Waals surface area contributed by atoms with Gasteiger partial charge in [-0.05, 0) is 13.3 Å². The summed E-state index contributed by atoms with van der Waals surface area (Å²) in [4.78, 5) is 0. The molecule has 0 aliphatic carbocycles. The highest BCUT2D eigenvalue weighted by Crippen LogP contribution is 1.97. The van der Waals surface area contributed by atoms with E-state index in [0.29, 0.717) is 0 Å². The first-order valence-corrected chi connectivity index (χ1v) is 4.81. The van der Waals surface area contributed by atoms with E-state index in [4.69, 9.17) is 15.4 Å². The highest BCUT2D eigenvalue weighted by atomic mass is 32.2. The van der Waals surface area contributed by atoms with Gasteiger partial charge in [0.2, 0.25) is 0 Å². The molecule has 0 saturated carbocycles. The van der Waals surface area contributed by atoms with Gasteiger partial charge in [0.25, 0.3) is 10.1 Å². The van der Waals surface area contributed by atoms with Gasteiger partial charge in [0.15, 0.2) is 0 Å². The monoisotopic (exact) mass is 183 g/mol. The summed E-state index contributed by atoms with van der Waals surface area (Å²) in [6.07, 6.45) is -0.480. The van der Waals surface area contributed by atoms with Crippen LogP contribution < -0.4 is 5.73 Å². The van der Waals surface area contributed by atoms with Gasteiger partial charge in [0.1, 0.15) is 0 Å². The first-order chi connectivity index (χ1) is 4.81. The van der Waals surface area contributed by atoms with Gasteiger partial charge < -0.3 is 10.8 Å². The minimum atomic E-state index is -4.01. The van der Waals surface area contributed by atoms with E-state index in [0.717, 1.165) is 0 Å². The maximum absolute atomic E-state index is 10.2. The Bertz CT molecular complexity index is 199. The fourth-order valence-corrected chi connectivity index (χ4v) is 1.45. The molecule has 0 fully saturated rings. The van der Waals surface area contributed by atoms with Crippen molar-refractivity contribution in [2.75, 3.05) is 5.75 Å². The standard InChI is InChI=1S/C5H13NO4S/c1-4(7)2-5(6)3-11(8,9)10/h4-5,7H,2-3,6H2,1H3,(H,8,9,10). The van der Waals surface area contributed by atoms with Crippen LogP contribution in [0.15, 0.2) is 0 Å². The van der Waals surface area contributed by atoms with Crippen molar-refractivity contribution >= 4 is 10.1 Å². The smallest absolute Gasteiger partial charge is 0.266 e. The minimum Gasteiger partial charge on any atom is -0.393 e. The molecule has 68 valence electrons. The van der Waals surface area contributed by atoms with Crippen LogP contribution in [0.4, 0.5) is 0 Å². The lowest BCUT2D eigenvalue weighted by Gasteiger charge is -2.10. The van der Waals surface area contributed by atoms with Crippen LogP contribution in [0.2, 0.25) is 0 Å². The van der Waals surface area contributed by atoms with Crippen LogP contribution in [0, 0.1) is 0 Å². The van der Waals surface area contributed by atoms with E-state index in [1.54, 1.807) is 0 Å². The van der Waals surface area contributed by atoms with Crippen molar-refractivity contribution < 1.29 is 18.1 Å². The first kappa shape index (κ1) is 10.8. The predicted molar refractivity (Wildman–Crippen MR) is 40.7 cm³/mol. The van der Waals surface area contributed by atoms with Crippen LogP contribution in [-0.2, 0) is 10.1 Å². The maximum atomic E-state index is 10.2. The Kier molecular flexibility index (Phi) is 3.95. The molecular weight excluding hydrogens is 170 g/mol. The van der Waals surface area contributed by atoms with E-state index in [1.807, 2.05) is 0 Å². The van der Waals surface area contributed by atoms with Gasteiger partial charge in [0.05, 0.1) is 11.9 Å². The molecule has 0 rings (SSSR count). The van der Waals surface area contributed by atoms with E-state index in [1.165, 1.54) is 6.92 Å². The fraction of sp³-hybridized carbons (Fsp3) is 1.00. The number of hydrogen-bond acceptors (Lipinski definition) is 4. The Labute approximate surface area is 66.0 Å². The molecule has 0 heterocycles. The normalized spacial score (nSPS) is 17.8. The number of nitrogens with two attached hydrogens (primary N) is 1. The van der Waals surface area contributed by atoms with Gasteiger partial charge in [-0.1, -0.05) is 0 Å². The lowest BCUT2D eigenvalue weighted by Crippen LogP contribution is -2.32. The molecule has 5 nitrogen and oxygen atoms in total. The van der Waals surface area contributed by atoms with Crippen molar-refractivity contribution in [1.82, 2.24) is 0 Å². The van der Waals surface area contributed by atoms with Gasteiger partial charge in [-0.2, -0.15) is 8.42 Å². The molecule has 0 aliphatic heterocycles. The largest absolute Gasteiger partial charge is 0.393 e. The Morgan fingerprint density at radius 2 is 2.00 bits per heavy atom. The molecule has 0 spiro atoms. The van der Waals surface area contributed by atoms with Gasteiger partial charge >= 0.3 is 0 Å². The number of hydrogen-bond donors (Lipinski definition) is 3. The fourth-order valence-electron chi connectivity index (χ4n) is 0.777. The quantitative estimate of drug-likeness (QED) is 0.484. The molecule has 0 bridgehead atoms. The summed E-state index contributed by atoms with van der Waals surface area (Å²) >= 11 is 0. The Morgan fingerprint density at radius 3 is 2.27 bits per heavy atom. The second-order valence-corrected chi connectivity index (χ2v) is 4.09. The van der Waals surface area contributed by atoms with Gasteiger partial charge in [-0.25, -0.2) is 0 Å². The third kappa shape index (κ3) is 7.73. The molecule has 0 radical (unpaired) electrons. The van der Waals surface area contributed by atoms with E-state index in [2.05, 4.69) is 0 Å². The van der Waals surface area contributed by atoms with E-state index < -0.39 is 28.0 Å². The Balaban J connectivity index is 3.80. The first-order valence-electron chi connectivity index (χ1n) is 3.20. The molecule has 0 amide bonds. The Hall–Kier alpha value is -0.170. The zero-order valence-electron chi connectivity index (χ0n) is 6.27. The van der Waals surface area contributed by atoms with E-state index in [-0.39, 0.29) is 6.42 Å². The van der Waals surface area contributed by atoms with Crippen LogP contribution in [0.3, 0.4) is 0 Å². The summed E-state index contributed by atoms with van der Waals surface area (Å²) in [7, 11) is -4.01. The van der Waals surface area contributed by atoms with Crippen LogP contribution in [0.5, 0.6) is 0 Å². The predicted octanol–water partition coefficient (Wildman–Crippen LogP) is -1.03. The molecule has 2 unspecified atom stereocenters. The summed E-state index contributed by atoms with van der Waals surface area (Å²) in [6, 6.07) is -0.704. The molecule has 0 aromatic rings. The Morgan fingerprint density at radius 1 is 1.55 bits per heavy atom. The van der Waals surface area contributed by atoms with Gasteiger partial charge in [0, 0.05) is 6.04 Å². The molecule has 0 saturated heterocycles. The third-order valence-corrected chi connectivity index (χ3v) is 1.92. The average Bonchev–Trinajstić information content (AvgIpc) is 1.53. The van der Waals surface area contributed by atoms with Gasteiger partial charge in [-0.15, -0.1) is 0 Å². The zero-order valence-corrected chi connectivity index (χ0v) is 7.08. The molecule has 4 N–H and O–H groups in total. The summed E-state index contributed by atoms with van der Waals surface area (Å²) in [5.41, 5.74) is 5.26. The number of aliphatic hydroxyl groups is 1. The summed E-state index contributed by atoms with van der Waals surface area (Å²) in [5.74, 6) is -0.502. The van der Waals surface area contributed by atoms with Gasteiger partial charge in [-0.3, -0.25) is 4.55 Å². The lowest BCUT2D eigenvalue weighted by atomic mass is 10.2. The summed E-state index contributed by atoms with van der Waals surface area (Å²) in [6.45, 7) is 1.50. The summed E-state index contributed by atoms with van der Waals surface area (Å²) < 4.78 is 28.7. The SMILES string of the molecule is CC(O)CC(N)CS(=O)(=O)O. The third-order valence-electron chi connectivity index (χ3n) is 1.07. The van der Waals surface area contributed by atoms with Crippen molar-refractivity contribution in [3.8, 4) is 0 Å². The average molecular weight is 183 g/mol. The number of rotatable bonds is 4. The maximum Gasteiger partial charge on any atom is 0.266 e. The van der Waals surface area contributed by atoms with Crippen LogP contribution in [0.25, 0.3) is 0 Å². The molecule has 6 heteroatoms. The molecular formula is C5H13NO4S. The molecule has 0 aromatic heterocycles. The second-order valence-electron chi connectivity index (χ2n) is 2.59. The van der Waals surface area contributed by atoms with Crippen molar-refractivity contribution in [3.63, 3.8) is 0 Å². The van der Waals surface area contributed by atoms with Crippen molar-refractivity contribution in [1.29, 1.82) is 0 Å². The van der Waals surface area contributed by atoms with Crippen LogP contribution >= 0.6 is 0 Å². The van der Waals surface area contributed by atoms with Crippen molar-refractivity contribution in [3.05, 3.63) is 0 Å². The van der Waals surface area contributed by atoms with Crippen molar-refractivity contribution in [2.45, 2.75) is 25.5 Å². The van der Waals surface area contributed by atoms with E-state index >= 15 is 0 Å². The summed E-state index contributed by atoms with van der Waals surface area (Å²) in [5, 5.41) is 8.76. The lowest BCUT2D eigenvalue weighted by molar-refractivity contribution is 0.177. The minimum absolute atomic E-state index is 0.166. The number of aliphatic hydroxyl groups excluding tert-OH is 1. The molecule has 0 aromatic carbocycles. The topological polar surface area (TPSA) is 101 Å². The second kappa shape index (κ2) is 4.01. The molecule has 2 atom stereocenters. The highest BCUT2D eigenvalue weighted by molar-refractivity contribution is 7.85. The van der Waals surface area contributed by atoms with Crippen LogP contribution in [-0.4, -0.2) is 36.0 Å². The zero-order chi connectivity index (χ0) is 9.07. The van der Waals surface area contributed by atoms with Crippen LogP contribution in [0.1, 0.15) is 13.3 Å². The van der Waals surface area contributed by atoms with E-state index in [9.17, 15) is 8.42 Å². The molecule has 11 heavy (non-hydrogen) atoms. The molecule has 0 aliphatic rings. The van der Waals surface area contributed by atoms with Crippen molar-refractivity contribution in [2.24, 2.45) is 5.73 Å².